The van der Waals surface area contributed by atoms with E-state index in [0.29, 0.717) is 51.5 Å². The summed E-state index contributed by atoms with van der Waals surface area (Å²) in [6.07, 6.45) is 0.931. The number of ether oxygens (including phenoxy) is 2. The zero-order chi connectivity index (χ0) is 22.9. The van der Waals surface area contributed by atoms with Crippen LogP contribution in [-0.4, -0.2) is 50.1 Å². The molecule has 0 fully saturated rings. The lowest BCUT2D eigenvalue weighted by Gasteiger charge is -2.20. The Bertz CT molecular complexity index is 1330. The van der Waals surface area contributed by atoms with Gasteiger partial charge in [-0.1, -0.05) is 29.4 Å². The van der Waals surface area contributed by atoms with Gasteiger partial charge in [0.2, 0.25) is 0 Å². The van der Waals surface area contributed by atoms with Gasteiger partial charge in [-0.25, -0.2) is 0 Å². The fourth-order valence-electron chi connectivity index (χ4n) is 4.14. The van der Waals surface area contributed by atoms with E-state index in [1.54, 1.807) is 7.11 Å². The van der Waals surface area contributed by atoms with E-state index in [1.807, 2.05) is 68.7 Å². The Labute approximate surface area is 191 Å². The number of aromatic nitrogens is 1. The topological polar surface area (TPSA) is 76.8 Å². The molecule has 0 amide bonds. The van der Waals surface area contributed by atoms with Crippen molar-refractivity contribution in [2.75, 3.05) is 39.6 Å². The van der Waals surface area contributed by atoms with Gasteiger partial charge < -0.3 is 24.2 Å². The van der Waals surface area contributed by atoms with Crippen LogP contribution in [-0.2, 0) is 0 Å². The van der Waals surface area contributed by atoms with Gasteiger partial charge in [-0.15, -0.1) is 0 Å². The van der Waals surface area contributed by atoms with Crippen molar-refractivity contribution in [2.45, 2.75) is 6.42 Å². The molecule has 0 saturated carbocycles. The zero-order valence-corrected chi connectivity index (χ0v) is 18.8. The molecule has 1 N–H and O–H groups in total. The molecule has 33 heavy (non-hydrogen) atoms. The zero-order valence-electron chi connectivity index (χ0n) is 18.8. The summed E-state index contributed by atoms with van der Waals surface area (Å²) in [5.41, 5.74) is 3.18. The second-order valence-electron chi connectivity index (χ2n) is 8.27. The summed E-state index contributed by atoms with van der Waals surface area (Å²) in [5, 5.41) is 8.43. The van der Waals surface area contributed by atoms with E-state index in [1.165, 1.54) is 0 Å². The van der Waals surface area contributed by atoms with Crippen LogP contribution in [0.2, 0.25) is 0 Å². The minimum atomic E-state index is -0.0441. The van der Waals surface area contributed by atoms with Crippen LogP contribution in [0.15, 0.2) is 59.1 Å². The van der Waals surface area contributed by atoms with Crippen molar-refractivity contribution in [1.29, 1.82) is 0 Å². The Morgan fingerprint density at radius 3 is 2.48 bits per heavy atom. The number of carbonyl (C=O) groups is 1. The van der Waals surface area contributed by atoms with E-state index in [2.05, 4.69) is 15.4 Å². The number of rotatable bonds is 8. The lowest BCUT2D eigenvalue weighted by atomic mass is 9.86. The molecule has 4 aromatic rings. The van der Waals surface area contributed by atoms with Gasteiger partial charge in [-0.3, -0.25) is 4.79 Å². The molecular formula is C26H25N3O4. The summed E-state index contributed by atoms with van der Waals surface area (Å²) in [4.78, 5) is 15.7. The van der Waals surface area contributed by atoms with E-state index in [9.17, 15) is 4.79 Å². The van der Waals surface area contributed by atoms with E-state index in [0.717, 1.165) is 24.3 Å². The predicted octanol–water partition coefficient (Wildman–Crippen LogP) is 5.20. The Morgan fingerprint density at radius 1 is 1.03 bits per heavy atom. The maximum atomic E-state index is 13.5. The van der Waals surface area contributed by atoms with Gasteiger partial charge in [-0.05, 0) is 51.3 Å². The summed E-state index contributed by atoms with van der Waals surface area (Å²) in [6.45, 7) is 1.66. The third-order valence-corrected chi connectivity index (χ3v) is 5.75. The number of fused-ring (bicyclic) bond motifs is 2. The van der Waals surface area contributed by atoms with Crippen LogP contribution >= 0.6 is 0 Å². The Balaban J connectivity index is 1.61. The quantitative estimate of drug-likeness (QED) is 0.330. The summed E-state index contributed by atoms with van der Waals surface area (Å²) in [6, 6.07) is 16.6. The number of nitrogens with one attached hydrogen (secondary N) is 1. The third-order valence-electron chi connectivity index (χ3n) is 5.75. The summed E-state index contributed by atoms with van der Waals surface area (Å²) in [7, 11) is 5.71. The second-order valence-corrected chi connectivity index (χ2v) is 8.27. The fraction of sp³-hybridized carbons (Fsp3) is 0.231. The maximum Gasteiger partial charge on any atom is 0.196 e. The largest absolute Gasteiger partial charge is 0.497 e. The Hall–Kier alpha value is -3.84. The van der Waals surface area contributed by atoms with E-state index >= 15 is 0 Å². The van der Waals surface area contributed by atoms with Gasteiger partial charge in [0.1, 0.15) is 11.5 Å². The maximum absolute atomic E-state index is 13.5. The van der Waals surface area contributed by atoms with E-state index in [-0.39, 0.29) is 5.78 Å². The monoisotopic (exact) mass is 443 g/mol. The number of hydrogen-bond acceptors (Lipinski definition) is 7. The Morgan fingerprint density at radius 2 is 1.76 bits per heavy atom. The van der Waals surface area contributed by atoms with E-state index in [4.69, 9.17) is 14.0 Å². The highest BCUT2D eigenvalue weighted by Gasteiger charge is 2.33. The molecule has 0 spiro atoms. The molecule has 1 heterocycles. The smallest absolute Gasteiger partial charge is 0.196 e. The van der Waals surface area contributed by atoms with Crippen LogP contribution in [0.5, 0.6) is 17.2 Å². The van der Waals surface area contributed by atoms with Gasteiger partial charge in [-0.2, -0.15) is 0 Å². The number of methoxy groups -OCH3 is 1. The summed E-state index contributed by atoms with van der Waals surface area (Å²) < 4.78 is 17.2. The second kappa shape index (κ2) is 8.60. The first kappa shape index (κ1) is 21.0. The number of carbonyl (C=O) groups excluding carboxylic acids is 1. The highest BCUT2D eigenvalue weighted by atomic mass is 16.5. The first-order chi connectivity index (χ1) is 16.1. The van der Waals surface area contributed by atoms with Gasteiger partial charge in [0, 0.05) is 29.4 Å². The SMILES string of the molecule is COc1ccc(Oc2cc(NCCCN(C)C)c3c4c(onc24)-c2ccccc2C3=O)cc1. The van der Waals surface area contributed by atoms with Crippen molar-refractivity contribution in [3.63, 3.8) is 0 Å². The molecule has 1 aliphatic carbocycles. The van der Waals surface area contributed by atoms with Gasteiger partial charge in [0.05, 0.1) is 18.1 Å². The van der Waals surface area contributed by atoms with Gasteiger partial charge in [0.25, 0.3) is 0 Å². The van der Waals surface area contributed by atoms with Crippen molar-refractivity contribution < 1.29 is 18.8 Å². The molecule has 1 aliphatic rings. The Kier molecular flexibility index (Phi) is 5.48. The normalized spacial score (nSPS) is 12.2. The number of anilines is 1. The van der Waals surface area contributed by atoms with Crippen LogP contribution in [0, 0.1) is 0 Å². The number of nitrogens with zero attached hydrogens (tertiary/aromatic N) is 2. The summed E-state index contributed by atoms with van der Waals surface area (Å²) >= 11 is 0. The molecule has 0 radical (unpaired) electrons. The molecule has 168 valence electrons. The van der Waals surface area contributed by atoms with Crippen LogP contribution in [0.4, 0.5) is 5.69 Å². The predicted molar refractivity (Wildman–Crippen MR) is 128 cm³/mol. The molecule has 0 aliphatic heterocycles. The molecule has 1 aromatic heterocycles. The van der Waals surface area contributed by atoms with Crippen molar-refractivity contribution in [3.8, 4) is 28.6 Å². The first-order valence-electron chi connectivity index (χ1n) is 10.9. The third kappa shape index (κ3) is 3.81. The van der Waals surface area contributed by atoms with Gasteiger partial charge >= 0.3 is 0 Å². The molecule has 0 saturated heterocycles. The average molecular weight is 444 g/mol. The highest BCUT2D eigenvalue weighted by Crippen LogP contribution is 2.46. The number of hydrogen-bond donors (Lipinski definition) is 1. The van der Waals surface area contributed by atoms with E-state index < -0.39 is 0 Å². The number of benzene rings is 3. The van der Waals surface area contributed by atoms with Crippen LogP contribution in [0.3, 0.4) is 0 Å². The fourth-order valence-corrected chi connectivity index (χ4v) is 4.14. The van der Waals surface area contributed by atoms with Crippen LogP contribution < -0.4 is 14.8 Å². The molecule has 5 rings (SSSR count). The molecule has 7 nitrogen and oxygen atoms in total. The first-order valence-corrected chi connectivity index (χ1v) is 10.9. The molecule has 0 unspecified atom stereocenters. The summed E-state index contributed by atoms with van der Waals surface area (Å²) in [5.74, 6) is 2.45. The van der Waals surface area contributed by atoms with Crippen molar-refractivity contribution in [1.82, 2.24) is 10.1 Å². The minimum Gasteiger partial charge on any atom is -0.497 e. The molecule has 0 bridgehead atoms. The molecule has 0 atom stereocenters. The lowest BCUT2D eigenvalue weighted by Crippen LogP contribution is -2.18. The van der Waals surface area contributed by atoms with Crippen LogP contribution in [0.1, 0.15) is 22.3 Å². The molecule has 3 aromatic carbocycles. The average Bonchev–Trinajstić information content (AvgIpc) is 3.27. The lowest BCUT2D eigenvalue weighted by molar-refractivity contribution is 0.104. The highest BCUT2D eigenvalue weighted by molar-refractivity contribution is 6.28. The molecule has 7 heteroatoms. The van der Waals surface area contributed by atoms with Crippen molar-refractivity contribution >= 4 is 22.4 Å². The number of ketones is 1. The van der Waals surface area contributed by atoms with Crippen LogP contribution in [0.25, 0.3) is 22.2 Å². The standard InChI is InChI=1S/C26H25N3O4/c1-29(2)14-6-13-27-20-15-21(32-17-11-9-16(31-3)10-12-17)24-23-22(20)25(30)18-7-4-5-8-19(18)26(23)33-28-24/h4-5,7-12,15,27H,6,13-14H2,1-3H3. The van der Waals surface area contributed by atoms with Crippen molar-refractivity contribution in [3.05, 3.63) is 65.7 Å². The van der Waals surface area contributed by atoms with Crippen molar-refractivity contribution in [2.24, 2.45) is 0 Å². The minimum absolute atomic E-state index is 0.0441. The molecular weight excluding hydrogens is 418 g/mol. The van der Waals surface area contributed by atoms with Gasteiger partial charge in [0.15, 0.2) is 22.8 Å².